The van der Waals surface area contributed by atoms with E-state index in [9.17, 15) is 0 Å². The second-order valence-electron chi connectivity index (χ2n) is 4.16. The molecular formula is C11H24ClNO2. The molecule has 0 heterocycles. The number of hydrogen-bond donors (Lipinski definition) is 0. The minimum atomic E-state index is -0.192. The van der Waals surface area contributed by atoms with Gasteiger partial charge in [-0.25, -0.2) is 0 Å². The highest BCUT2D eigenvalue weighted by molar-refractivity contribution is 6.17. The SMILES string of the molecule is COC(CCN(C(C)C)C(C)C)OCCl. The van der Waals surface area contributed by atoms with Gasteiger partial charge < -0.3 is 9.47 Å². The molecule has 4 heteroatoms. The summed E-state index contributed by atoms with van der Waals surface area (Å²) in [5.41, 5.74) is 0. The van der Waals surface area contributed by atoms with E-state index in [1.165, 1.54) is 0 Å². The normalized spacial score (nSPS) is 14.2. The number of nitrogens with zero attached hydrogens (tertiary/aromatic N) is 1. The molecule has 0 aliphatic heterocycles. The molecule has 0 spiro atoms. The molecule has 3 nitrogen and oxygen atoms in total. The smallest absolute Gasteiger partial charge is 0.160 e. The maximum Gasteiger partial charge on any atom is 0.160 e. The molecule has 0 bridgehead atoms. The van der Waals surface area contributed by atoms with Crippen molar-refractivity contribution in [1.29, 1.82) is 0 Å². The van der Waals surface area contributed by atoms with Crippen molar-refractivity contribution in [3.8, 4) is 0 Å². The Balaban J connectivity index is 3.96. The molecule has 0 saturated heterocycles. The van der Waals surface area contributed by atoms with Crippen molar-refractivity contribution in [2.75, 3.05) is 19.7 Å². The van der Waals surface area contributed by atoms with E-state index in [2.05, 4.69) is 32.6 Å². The Bertz CT molecular complexity index is 146. The Morgan fingerprint density at radius 3 is 2.00 bits per heavy atom. The van der Waals surface area contributed by atoms with Crippen LogP contribution in [0.3, 0.4) is 0 Å². The molecule has 0 amide bonds. The summed E-state index contributed by atoms with van der Waals surface area (Å²) in [6.45, 7) is 9.76. The Labute approximate surface area is 98.7 Å². The topological polar surface area (TPSA) is 21.7 Å². The average Bonchev–Trinajstić information content (AvgIpc) is 2.15. The molecule has 15 heavy (non-hydrogen) atoms. The molecule has 0 rings (SSSR count). The molecule has 0 saturated carbocycles. The highest BCUT2D eigenvalue weighted by Crippen LogP contribution is 2.09. The number of rotatable bonds is 8. The van der Waals surface area contributed by atoms with E-state index in [4.69, 9.17) is 21.1 Å². The number of methoxy groups -OCH3 is 1. The van der Waals surface area contributed by atoms with E-state index in [-0.39, 0.29) is 12.4 Å². The van der Waals surface area contributed by atoms with Gasteiger partial charge in [-0.1, -0.05) is 11.6 Å². The second-order valence-corrected chi connectivity index (χ2v) is 4.37. The minimum absolute atomic E-state index is 0.182. The first kappa shape index (κ1) is 15.2. The minimum Gasteiger partial charge on any atom is -0.356 e. The molecule has 92 valence electrons. The second kappa shape index (κ2) is 8.34. The zero-order valence-electron chi connectivity index (χ0n) is 10.5. The predicted molar refractivity (Wildman–Crippen MR) is 64.2 cm³/mol. The molecule has 0 fully saturated rings. The monoisotopic (exact) mass is 237 g/mol. The molecular weight excluding hydrogens is 214 g/mol. The van der Waals surface area contributed by atoms with E-state index < -0.39 is 0 Å². The molecule has 0 aromatic rings. The fourth-order valence-electron chi connectivity index (χ4n) is 1.71. The van der Waals surface area contributed by atoms with Gasteiger partial charge in [0.25, 0.3) is 0 Å². The van der Waals surface area contributed by atoms with E-state index in [1.54, 1.807) is 7.11 Å². The lowest BCUT2D eigenvalue weighted by Gasteiger charge is -2.31. The maximum absolute atomic E-state index is 5.50. The lowest BCUT2D eigenvalue weighted by Crippen LogP contribution is -2.39. The van der Waals surface area contributed by atoms with Crippen LogP contribution in [-0.4, -0.2) is 43.0 Å². The Hall–Kier alpha value is 0.170. The first-order valence-corrected chi connectivity index (χ1v) is 6.02. The molecule has 0 aliphatic rings. The third-order valence-corrected chi connectivity index (χ3v) is 2.59. The van der Waals surface area contributed by atoms with E-state index in [1.807, 2.05) is 0 Å². The number of hydrogen-bond acceptors (Lipinski definition) is 3. The van der Waals surface area contributed by atoms with Gasteiger partial charge in [-0.2, -0.15) is 0 Å². The molecule has 0 aromatic carbocycles. The van der Waals surface area contributed by atoms with Crippen LogP contribution in [0.15, 0.2) is 0 Å². The summed E-state index contributed by atoms with van der Waals surface area (Å²) in [7, 11) is 1.65. The highest BCUT2D eigenvalue weighted by atomic mass is 35.5. The molecule has 0 N–H and O–H groups in total. The summed E-state index contributed by atoms with van der Waals surface area (Å²) in [6.07, 6.45) is 0.655. The van der Waals surface area contributed by atoms with Crippen LogP contribution in [0.1, 0.15) is 34.1 Å². The summed E-state index contributed by atoms with van der Waals surface area (Å²) < 4.78 is 10.4. The first-order valence-electron chi connectivity index (χ1n) is 5.49. The summed E-state index contributed by atoms with van der Waals surface area (Å²) in [5, 5.41) is 0. The molecule has 0 radical (unpaired) electrons. The van der Waals surface area contributed by atoms with Crippen LogP contribution in [0.4, 0.5) is 0 Å². The zero-order chi connectivity index (χ0) is 11.8. The van der Waals surface area contributed by atoms with Crippen LogP contribution in [0.25, 0.3) is 0 Å². The largest absolute Gasteiger partial charge is 0.356 e. The standard InChI is InChI=1S/C11H24ClNO2/c1-9(2)13(10(3)4)7-6-11(14-5)15-8-12/h9-11H,6-8H2,1-5H3. The van der Waals surface area contributed by atoms with Gasteiger partial charge in [0, 0.05) is 32.2 Å². The van der Waals surface area contributed by atoms with Crippen molar-refractivity contribution in [1.82, 2.24) is 4.90 Å². The third-order valence-electron chi connectivity index (χ3n) is 2.46. The summed E-state index contributed by atoms with van der Waals surface area (Å²) in [6, 6.07) is 1.26. The van der Waals surface area contributed by atoms with Crippen molar-refractivity contribution < 1.29 is 9.47 Å². The molecule has 1 unspecified atom stereocenters. The van der Waals surface area contributed by atoms with E-state index in [0.29, 0.717) is 12.1 Å². The van der Waals surface area contributed by atoms with Crippen LogP contribution in [0.5, 0.6) is 0 Å². The number of alkyl halides is 1. The van der Waals surface area contributed by atoms with Crippen molar-refractivity contribution >= 4 is 11.6 Å². The lowest BCUT2D eigenvalue weighted by molar-refractivity contribution is -0.117. The molecule has 1 atom stereocenters. The predicted octanol–water partition coefficient (Wildman–Crippen LogP) is 2.68. The Kier molecular flexibility index (Phi) is 8.43. The van der Waals surface area contributed by atoms with E-state index in [0.717, 1.165) is 13.0 Å². The van der Waals surface area contributed by atoms with Gasteiger partial charge in [0.15, 0.2) is 6.29 Å². The van der Waals surface area contributed by atoms with Gasteiger partial charge in [-0.15, -0.1) is 0 Å². The summed E-state index contributed by atoms with van der Waals surface area (Å²) >= 11 is 5.50. The van der Waals surface area contributed by atoms with Crippen molar-refractivity contribution in [3.05, 3.63) is 0 Å². The van der Waals surface area contributed by atoms with Crippen LogP contribution in [0.2, 0.25) is 0 Å². The quantitative estimate of drug-likeness (QED) is 0.479. The van der Waals surface area contributed by atoms with Crippen molar-refractivity contribution in [3.63, 3.8) is 0 Å². The van der Waals surface area contributed by atoms with Crippen molar-refractivity contribution in [2.24, 2.45) is 0 Å². The van der Waals surface area contributed by atoms with Crippen LogP contribution >= 0.6 is 11.6 Å². The van der Waals surface area contributed by atoms with Crippen molar-refractivity contribution in [2.45, 2.75) is 52.5 Å². The number of halogens is 1. The fraction of sp³-hybridized carbons (Fsp3) is 1.00. The van der Waals surface area contributed by atoms with Crippen LogP contribution in [0, 0.1) is 0 Å². The van der Waals surface area contributed by atoms with Crippen LogP contribution in [-0.2, 0) is 9.47 Å². The number of ether oxygens (including phenoxy) is 2. The third kappa shape index (κ3) is 6.36. The molecule has 0 aliphatic carbocycles. The van der Waals surface area contributed by atoms with Gasteiger partial charge >= 0.3 is 0 Å². The van der Waals surface area contributed by atoms with Gasteiger partial charge in [-0.05, 0) is 27.7 Å². The average molecular weight is 238 g/mol. The van der Waals surface area contributed by atoms with Gasteiger partial charge in [0.2, 0.25) is 0 Å². The van der Waals surface area contributed by atoms with Crippen LogP contribution < -0.4 is 0 Å². The Morgan fingerprint density at radius 2 is 1.67 bits per heavy atom. The molecule has 0 aromatic heterocycles. The van der Waals surface area contributed by atoms with Gasteiger partial charge in [-0.3, -0.25) is 4.90 Å². The summed E-state index contributed by atoms with van der Waals surface area (Å²) in [4.78, 5) is 2.41. The first-order chi connectivity index (χ1) is 7.02. The maximum atomic E-state index is 5.50. The zero-order valence-corrected chi connectivity index (χ0v) is 11.3. The summed E-state index contributed by atoms with van der Waals surface area (Å²) in [5.74, 6) is 0. The lowest BCUT2D eigenvalue weighted by atomic mass is 10.2. The highest BCUT2D eigenvalue weighted by Gasteiger charge is 2.15. The fourth-order valence-corrected chi connectivity index (χ4v) is 1.85. The van der Waals surface area contributed by atoms with Gasteiger partial charge in [0.05, 0.1) is 0 Å². The Morgan fingerprint density at radius 1 is 1.13 bits per heavy atom. The van der Waals surface area contributed by atoms with Gasteiger partial charge in [0.1, 0.15) is 6.07 Å². The van der Waals surface area contributed by atoms with E-state index >= 15 is 0 Å².